The average Bonchev–Trinajstić information content (AvgIpc) is 2.62. The topological polar surface area (TPSA) is 29.5 Å². The van der Waals surface area contributed by atoms with Gasteiger partial charge in [-0.15, -0.1) is 0 Å². The quantitative estimate of drug-likeness (QED) is 0.479. The van der Waals surface area contributed by atoms with Crippen LogP contribution >= 0.6 is 23.2 Å². The lowest BCUT2D eigenvalue weighted by molar-refractivity contribution is -0.180. The van der Waals surface area contributed by atoms with Gasteiger partial charge in [-0.25, -0.2) is 5.06 Å². The van der Waals surface area contributed by atoms with E-state index in [4.69, 9.17) is 28.0 Å². The number of hydrogen-bond donors (Lipinski definition) is 0. The van der Waals surface area contributed by atoms with E-state index < -0.39 is 4.84 Å². The Morgan fingerprint density at radius 1 is 1.58 bits per heavy atom. The van der Waals surface area contributed by atoms with Gasteiger partial charge >= 0.3 is 0 Å². The highest BCUT2D eigenvalue weighted by atomic mass is 35.5. The number of alkyl halides is 2. The van der Waals surface area contributed by atoms with E-state index in [1.54, 1.807) is 0 Å². The lowest BCUT2D eigenvalue weighted by atomic mass is 10.2. The average molecular weight is 208 g/mol. The van der Waals surface area contributed by atoms with Gasteiger partial charge in [0, 0.05) is 6.42 Å². The summed E-state index contributed by atoms with van der Waals surface area (Å²) in [6.45, 7) is 0. The summed E-state index contributed by atoms with van der Waals surface area (Å²) < 4.78 is 0. The molecule has 0 spiro atoms. The Bertz CT molecular complexity index is 242. The number of fused-ring (bicyclic) bond motifs is 2. The van der Waals surface area contributed by atoms with Gasteiger partial charge in [0.1, 0.15) is 6.10 Å². The highest BCUT2D eigenvalue weighted by Crippen LogP contribution is 2.30. The van der Waals surface area contributed by atoms with E-state index in [1.165, 1.54) is 5.06 Å². The molecule has 2 atom stereocenters. The molecule has 1 saturated heterocycles. The first-order valence-electron chi connectivity index (χ1n) is 3.65. The zero-order valence-corrected chi connectivity index (χ0v) is 7.63. The van der Waals surface area contributed by atoms with Crippen molar-refractivity contribution in [2.24, 2.45) is 0 Å². The van der Waals surface area contributed by atoms with E-state index in [9.17, 15) is 4.79 Å². The lowest BCUT2D eigenvalue weighted by Gasteiger charge is -2.22. The van der Waals surface area contributed by atoms with Crippen LogP contribution in [-0.2, 0) is 9.63 Å². The van der Waals surface area contributed by atoms with E-state index in [-0.39, 0.29) is 18.1 Å². The molecule has 0 N–H and O–H groups in total. The molecule has 1 amide bonds. The van der Waals surface area contributed by atoms with E-state index in [1.807, 2.05) is 12.2 Å². The third kappa shape index (κ3) is 1.22. The molecule has 0 aromatic rings. The third-order valence-corrected chi connectivity index (χ3v) is 2.35. The molecular weight excluding hydrogens is 201 g/mol. The third-order valence-electron chi connectivity index (χ3n) is 1.98. The van der Waals surface area contributed by atoms with Crippen LogP contribution < -0.4 is 0 Å². The molecule has 1 fully saturated rings. The fourth-order valence-electron chi connectivity index (χ4n) is 1.44. The van der Waals surface area contributed by atoms with Gasteiger partial charge in [0.2, 0.25) is 0 Å². The van der Waals surface area contributed by atoms with Crippen LogP contribution in [0.25, 0.3) is 0 Å². The number of carbonyl (C=O) groups excluding carboxylic acids is 1. The lowest BCUT2D eigenvalue weighted by Crippen LogP contribution is -2.38. The summed E-state index contributed by atoms with van der Waals surface area (Å²) >= 11 is 10.8. The smallest absolute Gasteiger partial charge is 0.269 e. The molecule has 2 bridgehead atoms. The minimum absolute atomic E-state index is 0.0301. The molecule has 2 aliphatic rings. The standard InChI is InChI=1S/C7H7Cl2NO2/c8-6(9)7(11)10-4-1-2-5(3-4)12-10/h1-2,4-6H,3H2/t4-,5+/m1/s1. The van der Waals surface area contributed by atoms with Gasteiger partial charge in [-0.05, 0) is 0 Å². The summed E-state index contributed by atoms with van der Waals surface area (Å²) in [4.78, 5) is 15.4. The number of nitrogens with zero attached hydrogens (tertiary/aromatic N) is 1. The fraction of sp³-hybridized carbons (Fsp3) is 0.571. The summed E-state index contributed by atoms with van der Waals surface area (Å²) in [5, 5.41) is 1.26. The first kappa shape index (κ1) is 8.35. The van der Waals surface area contributed by atoms with Crippen molar-refractivity contribution in [3.05, 3.63) is 12.2 Å². The summed E-state index contributed by atoms with van der Waals surface area (Å²) in [5.41, 5.74) is 0. The van der Waals surface area contributed by atoms with Crippen molar-refractivity contribution >= 4 is 29.1 Å². The second kappa shape index (κ2) is 2.91. The molecule has 1 heterocycles. The van der Waals surface area contributed by atoms with Gasteiger partial charge < -0.3 is 0 Å². The Balaban J connectivity index is 2.08. The van der Waals surface area contributed by atoms with Crippen LogP contribution in [-0.4, -0.2) is 28.0 Å². The van der Waals surface area contributed by atoms with Gasteiger partial charge in [-0.2, -0.15) is 0 Å². The maximum Gasteiger partial charge on any atom is 0.279 e. The molecule has 12 heavy (non-hydrogen) atoms. The van der Waals surface area contributed by atoms with Crippen molar-refractivity contribution in [2.75, 3.05) is 0 Å². The first-order valence-corrected chi connectivity index (χ1v) is 4.52. The van der Waals surface area contributed by atoms with E-state index >= 15 is 0 Å². The number of hydroxylamine groups is 2. The predicted octanol–water partition coefficient (Wildman–Crippen LogP) is 1.26. The van der Waals surface area contributed by atoms with Crippen molar-refractivity contribution in [1.29, 1.82) is 0 Å². The zero-order valence-electron chi connectivity index (χ0n) is 6.11. The molecule has 0 unspecified atom stereocenters. The minimum Gasteiger partial charge on any atom is -0.269 e. The number of rotatable bonds is 1. The van der Waals surface area contributed by atoms with Gasteiger partial charge in [-0.1, -0.05) is 35.4 Å². The van der Waals surface area contributed by atoms with Crippen LogP contribution in [0.4, 0.5) is 0 Å². The maximum absolute atomic E-state index is 11.2. The predicted molar refractivity (Wildman–Crippen MR) is 44.8 cm³/mol. The van der Waals surface area contributed by atoms with Crippen LogP contribution in [0.3, 0.4) is 0 Å². The van der Waals surface area contributed by atoms with Crippen LogP contribution in [0.1, 0.15) is 6.42 Å². The Labute approximate surface area is 79.8 Å². The summed E-state index contributed by atoms with van der Waals surface area (Å²) in [6, 6.07) is 0.0301. The Hall–Kier alpha value is -0.250. The highest BCUT2D eigenvalue weighted by Gasteiger charge is 2.39. The molecular formula is C7H7Cl2NO2. The van der Waals surface area contributed by atoms with Crippen LogP contribution in [0.5, 0.6) is 0 Å². The van der Waals surface area contributed by atoms with Gasteiger partial charge in [0.25, 0.3) is 5.91 Å². The van der Waals surface area contributed by atoms with Crippen LogP contribution in [0.2, 0.25) is 0 Å². The molecule has 66 valence electrons. The highest BCUT2D eigenvalue weighted by molar-refractivity contribution is 6.53. The maximum atomic E-state index is 11.2. The molecule has 1 aliphatic carbocycles. The molecule has 3 nitrogen and oxygen atoms in total. The SMILES string of the molecule is O=C(C(Cl)Cl)N1O[C@H]2C=C[C@@H]1C2. The Morgan fingerprint density at radius 2 is 2.33 bits per heavy atom. The van der Waals surface area contributed by atoms with Crippen molar-refractivity contribution in [1.82, 2.24) is 5.06 Å². The summed E-state index contributed by atoms with van der Waals surface area (Å²) in [5.74, 6) is -0.379. The summed E-state index contributed by atoms with van der Waals surface area (Å²) in [6.07, 6.45) is 4.73. The molecule has 0 radical (unpaired) electrons. The molecule has 2 rings (SSSR count). The Kier molecular flexibility index (Phi) is 2.02. The minimum atomic E-state index is -1.03. The van der Waals surface area contributed by atoms with E-state index in [0.717, 1.165) is 6.42 Å². The van der Waals surface area contributed by atoms with Crippen molar-refractivity contribution in [3.8, 4) is 0 Å². The van der Waals surface area contributed by atoms with Crippen molar-refractivity contribution in [2.45, 2.75) is 23.4 Å². The second-order valence-corrected chi connectivity index (χ2v) is 3.89. The normalized spacial score (nSPS) is 32.1. The van der Waals surface area contributed by atoms with E-state index in [2.05, 4.69) is 0 Å². The number of hydrogen-bond acceptors (Lipinski definition) is 2. The first-order chi connectivity index (χ1) is 5.68. The van der Waals surface area contributed by atoms with Crippen molar-refractivity contribution < 1.29 is 9.63 Å². The number of amides is 1. The number of carbonyl (C=O) groups is 1. The largest absolute Gasteiger partial charge is 0.279 e. The van der Waals surface area contributed by atoms with Gasteiger partial charge in [-0.3, -0.25) is 9.63 Å². The molecule has 1 aliphatic heterocycles. The molecule has 0 aromatic carbocycles. The molecule has 0 aromatic heterocycles. The monoisotopic (exact) mass is 207 g/mol. The number of halogens is 2. The van der Waals surface area contributed by atoms with Gasteiger partial charge in [0.05, 0.1) is 6.04 Å². The van der Waals surface area contributed by atoms with Crippen molar-refractivity contribution in [3.63, 3.8) is 0 Å². The molecule has 5 heteroatoms. The van der Waals surface area contributed by atoms with E-state index in [0.29, 0.717) is 0 Å². The van der Waals surface area contributed by atoms with Crippen LogP contribution in [0.15, 0.2) is 12.2 Å². The molecule has 0 saturated carbocycles. The fourth-order valence-corrected chi connectivity index (χ4v) is 1.63. The zero-order chi connectivity index (χ0) is 8.72. The Morgan fingerprint density at radius 3 is 2.75 bits per heavy atom. The second-order valence-electron chi connectivity index (χ2n) is 2.80. The van der Waals surface area contributed by atoms with Crippen LogP contribution in [0, 0.1) is 0 Å². The summed E-state index contributed by atoms with van der Waals surface area (Å²) in [7, 11) is 0. The van der Waals surface area contributed by atoms with Gasteiger partial charge in [0.15, 0.2) is 4.84 Å².